The Balaban J connectivity index is 4.20. The van der Waals surface area contributed by atoms with Crippen molar-refractivity contribution in [3.63, 3.8) is 0 Å². The second-order valence-electron chi connectivity index (χ2n) is 5.07. The van der Waals surface area contributed by atoms with Gasteiger partial charge in [-0.1, -0.05) is 20.8 Å². The van der Waals surface area contributed by atoms with Gasteiger partial charge in [-0.15, -0.1) is 0 Å². The summed E-state index contributed by atoms with van der Waals surface area (Å²) in [7, 11) is -0.281. The van der Waals surface area contributed by atoms with Crippen LogP contribution in [0.15, 0.2) is 0 Å². The van der Waals surface area contributed by atoms with Crippen molar-refractivity contribution in [1.82, 2.24) is 10.2 Å². The predicted octanol–water partition coefficient (Wildman–Crippen LogP) is 3.09. The van der Waals surface area contributed by atoms with Gasteiger partial charge in [0.15, 0.2) is 0 Å². The number of nitrogens with one attached hydrogen (secondary N) is 2. The summed E-state index contributed by atoms with van der Waals surface area (Å²) < 4.78 is 0. The van der Waals surface area contributed by atoms with Gasteiger partial charge in [0.2, 0.25) is 0 Å². The average molecular weight is 204 g/mol. The summed E-state index contributed by atoms with van der Waals surface area (Å²) in [5.74, 6) is 0. The third-order valence-corrected chi connectivity index (χ3v) is 4.34. The van der Waals surface area contributed by atoms with Crippen LogP contribution in [-0.4, -0.2) is 17.2 Å². The molecule has 0 aliphatic carbocycles. The maximum Gasteiger partial charge on any atom is 0.0400 e. The molecule has 0 atom stereocenters. The summed E-state index contributed by atoms with van der Waals surface area (Å²) in [4.78, 5) is 0. The van der Waals surface area contributed by atoms with Crippen LogP contribution in [0.3, 0.4) is 0 Å². The fraction of sp³-hybridized carbons (Fsp3) is 1.00. The summed E-state index contributed by atoms with van der Waals surface area (Å²) in [5, 5.41) is 7.53. The molecule has 0 radical (unpaired) electrons. The normalized spacial score (nSPS) is 13.4. The smallest absolute Gasteiger partial charge is 0.0400 e. The van der Waals surface area contributed by atoms with Gasteiger partial charge in [0.05, 0.1) is 0 Å². The van der Waals surface area contributed by atoms with Gasteiger partial charge in [-0.2, -0.15) is 0 Å². The van der Waals surface area contributed by atoms with Crippen LogP contribution < -0.4 is 10.2 Å². The zero-order valence-electron chi connectivity index (χ0n) is 10.1. The summed E-state index contributed by atoms with van der Waals surface area (Å²) in [6.07, 6.45) is 0. The molecular formula is C10H25N2P. The van der Waals surface area contributed by atoms with Crippen molar-refractivity contribution >= 4 is 8.22 Å². The van der Waals surface area contributed by atoms with Crippen LogP contribution in [0.25, 0.3) is 0 Å². The van der Waals surface area contributed by atoms with Crippen molar-refractivity contribution in [2.75, 3.05) is 0 Å². The number of rotatable bonds is 4. The predicted molar refractivity (Wildman–Crippen MR) is 63.2 cm³/mol. The second-order valence-corrected chi connectivity index (χ2v) is 7.60. The SMILES string of the molecule is CC(C)NP(NC(C)C)C(C)(C)C. The van der Waals surface area contributed by atoms with E-state index >= 15 is 0 Å². The van der Waals surface area contributed by atoms with E-state index in [2.05, 4.69) is 58.6 Å². The molecule has 0 aliphatic rings. The van der Waals surface area contributed by atoms with Gasteiger partial charge in [0.25, 0.3) is 0 Å². The Morgan fingerprint density at radius 2 is 1.15 bits per heavy atom. The highest BCUT2D eigenvalue weighted by molar-refractivity contribution is 7.55. The Labute approximate surface area is 84.7 Å². The Hall–Kier alpha value is 0.350. The van der Waals surface area contributed by atoms with Crippen LogP contribution in [0.2, 0.25) is 0 Å². The Morgan fingerprint density at radius 1 is 0.846 bits per heavy atom. The summed E-state index contributed by atoms with van der Waals surface area (Å²) in [5.41, 5.74) is 0. The lowest BCUT2D eigenvalue weighted by Crippen LogP contribution is -2.36. The molecule has 0 unspecified atom stereocenters. The van der Waals surface area contributed by atoms with Crippen molar-refractivity contribution in [1.29, 1.82) is 0 Å². The van der Waals surface area contributed by atoms with Crippen LogP contribution >= 0.6 is 8.22 Å². The van der Waals surface area contributed by atoms with E-state index in [1.165, 1.54) is 0 Å². The largest absolute Gasteiger partial charge is 0.281 e. The molecule has 0 rings (SSSR count). The van der Waals surface area contributed by atoms with E-state index in [-0.39, 0.29) is 8.22 Å². The lowest BCUT2D eigenvalue weighted by Gasteiger charge is -2.35. The van der Waals surface area contributed by atoms with Gasteiger partial charge in [0.1, 0.15) is 0 Å². The van der Waals surface area contributed by atoms with Crippen LogP contribution in [-0.2, 0) is 0 Å². The van der Waals surface area contributed by atoms with Crippen molar-refractivity contribution < 1.29 is 0 Å². The van der Waals surface area contributed by atoms with Crippen molar-refractivity contribution in [3.8, 4) is 0 Å². The maximum absolute atomic E-state index is 3.60. The summed E-state index contributed by atoms with van der Waals surface area (Å²) >= 11 is 0. The highest BCUT2D eigenvalue weighted by Crippen LogP contribution is 2.42. The van der Waals surface area contributed by atoms with Crippen LogP contribution in [0.5, 0.6) is 0 Å². The molecule has 2 N–H and O–H groups in total. The van der Waals surface area contributed by atoms with Crippen LogP contribution in [0.4, 0.5) is 0 Å². The van der Waals surface area contributed by atoms with E-state index in [0.717, 1.165) is 0 Å². The molecule has 80 valence electrons. The number of hydrogen-bond acceptors (Lipinski definition) is 2. The molecule has 0 aromatic rings. The fourth-order valence-electron chi connectivity index (χ4n) is 0.941. The van der Waals surface area contributed by atoms with E-state index in [4.69, 9.17) is 0 Å². The third kappa shape index (κ3) is 6.42. The zero-order chi connectivity index (χ0) is 10.6. The molecule has 0 saturated heterocycles. The molecule has 0 aliphatic heterocycles. The van der Waals surface area contributed by atoms with Gasteiger partial charge in [0, 0.05) is 25.5 Å². The van der Waals surface area contributed by atoms with Gasteiger partial charge >= 0.3 is 0 Å². The van der Waals surface area contributed by atoms with Gasteiger partial charge in [-0.25, -0.2) is 0 Å². The zero-order valence-corrected chi connectivity index (χ0v) is 11.0. The van der Waals surface area contributed by atoms with Crippen LogP contribution in [0.1, 0.15) is 48.5 Å². The van der Waals surface area contributed by atoms with Gasteiger partial charge in [-0.3, -0.25) is 10.2 Å². The molecule has 0 bridgehead atoms. The van der Waals surface area contributed by atoms with Gasteiger partial charge < -0.3 is 0 Å². The summed E-state index contributed by atoms with van der Waals surface area (Å²) in [6.45, 7) is 15.6. The molecule has 0 heterocycles. The molecule has 0 saturated carbocycles. The van der Waals surface area contributed by atoms with Crippen LogP contribution in [0, 0.1) is 0 Å². The molecule has 13 heavy (non-hydrogen) atoms. The lowest BCUT2D eigenvalue weighted by atomic mass is 10.3. The van der Waals surface area contributed by atoms with Crippen molar-refractivity contribution in [3.05, 3.63) is 0 Å². The van der Waals surface area contributed by atoms with E-state index in [9.17, 15) is 0 Å². The van der Waals surface area contributed by atoms with Crippen molar-refractivity contribution in [2.45, 2.75) is 65.7 Å². The van der Waals surface area contributed by atoms with E-state index in [1.807, 2.05) is 0 Å². The minimum absolute atomic E-state index is 0.281. The first-order chi connectivity index (χ1) is 5.73. The van der Waals surface area contributed by atoms with E-state index in [1.54, 1.807) is 0 Å². The standard InChI is InChI=1S/C10H25N2P/c1-8(2)11-13(10(5,6)7)12-9(3)4/h8-9,11-12H,1-7H3. The highest BCUT2D eigenvalue weighted by Gasteiger charge is 2.25. The monoisotopic (exact) mass is 204 g/mol. The Morgan fingerprint density at radius 3 is 1.31 bits per heavy atom. The topological polar surface area (TPSA) is 24.1 Å². The minimum Gasteiger partial charge on any atom is -0.281 e. The Bertz CT molecular complexity index is 128. The Kier molecular flexibility index (Phi) is 5.43. The minimum atomic E-state index is -0.281. The van der Waals surface area contributed by atoms with E-state index < -0.39 is 0 Å². The average Bonchev–Trinajstić information content (AvgIpc) is 1.81. The molecule has 0 fully saturated rings. The highest BCUT2D eigenvalue weighted by atomic mass is 31.1. The molecule has 3 heteroatoms. The van der Waals surface area contributed by atoms with Gasteiger partial charge in [-0.05, 0) is 27.7 Å². The second kappa shape index (κ2) is 5.29. The molecule has 2 nitrogen and oxygen atoms in total. The molecule has 0 aromatic heterocycles. The summed E-state index contributed by atoms with van der Waals surface area (Å²) in [6, 6.07) is 1.10. The first-order valence-electron chi connectivity index (χ1n) is 5.06. The third-order valence-electron chi connectivity index (χ3n) is 1.45. The molecule has 0 amide bonds. The van der Waals surface area contributed by atoms with Crippen molar-refractivity contribution in [2.24, 2.45) is 0 Å². The first kappa shape index (κ1) is 13.4. The van der Waals surface area contributed by atoms with E-state index in [0.29, 0.717) is 17.2 Å². The molecule has 0 spiro atoms. The molecule has 0 aromatic carbocycles. The molecular weight excluding hydrogens is 179 g/mol. The maximum atomic E-state index is 3.60. The number of hydrogen-bond donors (Lipinski definition) is 2. The fourth-order valence-corrected chi connectivity index (χ4v) is 2.82. The quantitative estimate of drug-likeness (QED) is 0.688. The first-order valence-corrected chi connectivity index (χ1v) is 6.40. The lowest BCUT2D eigenvalue weighted by molar-refractivity contribution is 0.661.